The molecule has 0 unspecified atom stereocenters. The standard InChI is InChI=1S/C32H32BrN3O4S/c1-7-39-31(38)28-20(5)34-32-36(29(28)22-8-14-26(15-9-22)40-18(2)3)30(37)27(41-32)17-23-16-19(4)35(21(23)6)25-12-10-24(33)11-13-25/h8-18,29H,7H2,1-6H3/b27-17-/t29-/m1/s1. The van der Waals surface area contributed by atoms with Gasteiger partial charge in [0.1, 0.15) is 5.75 Å². The van der Waals surface area contributed by atoms with Crippen molar-refractivity contribution in [2.24, 2.45) is 4.99 Å². The minimum Gasteiger partial charge on any atom is -0.491 e. The molecule has 0 amide bonds. The molecule has 1 atom stereocenters. The molecule has 0 spiro atoms. The molecule has 0 aliphatic carbocycles. The Bertz CT molecular complexity index is 1830. The van der Waals surface area contributed by atoms with E-state index in [-0.39, 0.29) is 18.3 Å². The van der Waals surface area contributed by atoms with Gasteiger partial charge < -0.3 is 14.0 Å². The SMILES string of the molecule is CCOC(=O)C1=C(C)N=c2s/c(=C\c3cc(C)n(-c4ccc(Br)cc4)c3C)c(=O)n2[C@@H]1c1ccc(OC(C)C)cc1. The highest BCUT2D eigenvalue weighted by Gasteiger charge is 2.33. The number of carbonyl (C=O) groups is 1. The van der Waals surface area contributed by atoms with E-state index in [0.29, 0.717) is 20.6 Å². The van der Waals surface area contributed by atoms with Gasteiger partial charge in [-0.25, -0.2) is 9.79 Å². The smallest absolute Gasteiger partial charge is 0.338 e. The molecular formula is C32H32BrN3O4S. The number of benzene rings is 2. The molecule has 5 rings (SSSR count). The molecule has 0 bridgehead atoms. The van der Waals surface area contributed by atoms with Crippen molar-refractivity contribution in [2.45, 2.75) is 53.7 Å². The van der Waals surface area contributed by atoms with Crippen molar-refractivity contribution in [2.75, 3.05) is 6.61 Å². The summed E-state index contributed by atoms with van der Waals surface area (Å²) in [5.74, 6) is 0.240. The van der Waals surface area contributed by atoms with Crippen LogP contribution in [0.15, 0.2) is 80.1 Å². The van der Waals surface area contributed by atoms with Gasteiger partial charge in [0.05, 0.1) is 34.6 Å². The summed E-state index contributed by atoms with van der Waals surface area (Å²) in [7, 11) is 0. The molecule has 41 heavy (non-hydrogen) atoms. The molecule has 0 N–H and O–H groups in total. The Balaban J connectivity index is 1.65. The first kappa shape index (κ1) is 28.8. The van der Waals surface area contributed by atoms with Crippen LogP contribution in [0.3, 0.4) is 0 Å². The second-order valence-corrected chi connectivity index (χ2v) is 12.1. The van der Waals surface area contributed by atoms with E-state index < -0.39 is 12.0 Å². The molecule has 3 heterocycles. The number of allylic oxidation sites excluding steroid dienone is 1. The fourth-order valence-electron chi connectivity index (χ4n) is 5.17. The number of carbonyl (C=O) groups excluding carboxylic acids is 1. The summed E-state index contributed by atoms with van der Waals surface area (Å²) < 4.78 is 16.6. The van der Waals surface area contributed by atoms with E-state index in [1.54, 1.807) is 18.4 Å². The average molecular weight is 635 g/mol. The fraction of sp³-hybridized carbons (Fsp3) is 0.281. The zero-order valence-electron chi connectivity index (χ0n) is 23.9. The van der Waals surface area contributed by atoms with Gasteiger partial charge in [0.25, 0.3) is 5.56 Å². The minimum absolute atomic E-state index is 0.0291. The first-order valence-corrected chi connectivity index (χ1v) is 15.1. The number of halogens is 1. The highest BCUT2D eigenvalue weighted by atomic mass is 79.9. The van der Waals surface area contributed by atoms with Gasteiger partial charge in [-0.15, -0.1) is 0 Å². The van der Waals surface area contributed by atoms with Crippen LogP contribution in [-0.2, 0) is 9.53 Å². The van der Waals surface area contributed by atoms with Crippen LogP contribution in [-0.4, -0.2) is 27.8 Å². The summed E-state index contributed by atoms with van der Waals surface area (Å²) in [5, 5.41) is 0. The number of nitrogens with zero attached hydrogens (tertiary/aromatic N) is 3. The molecule has 0 saturated carbocycles. The summed E-state index contributed by atoms with van der Waals surface area (Å²) in [5.41, 5.74) is 5.55. The van der Waals surface area contributed by atoms with Crippen molar-refractivity contribution in [1.82, 2.24) is 9.13 Å². The minimum atomic E-state index is -0.671. The van der Waals surface area contributed by atoms with E-state index in [2.05, 4.69) is 45.6 Å². The van der Waals surface area contributed by atoms with Crippen LogP contribution < -0.4 is 19.6 Å². The molecule has 4 aromatic rings. The first-order chi connectivity index (χ1) is 19.6. The second-order valence-electron chi connectivity index (χ2n) is 10.2. The number of fused-ring (bicyclic) bond motifs is 1. The predicted molar refractivity (Wildman–Crippen MR) is 166 cm³/mol. The quantitative estimate of drug-likeness (QED) is 0.243. The van der Waals surface area contributed by atoms with E-state index >= 15 is 0 Å². The molecule has 2 aromatic carbocycles. The second kappa shape index (κ2) is 11.7. The topological polar surface area (TPSA) is 74.8 Å². The third-order valence-electron chi connectivity index (χ3n) is 6.93. The molecular weight excluding hydrogens is 602 g/mol. The number of thiazole rings is 1. The number of hydrogen-bond acceptors (Lipinski definition) is 6. The monoisotopic (exact) mass is 633 g/mol. The Morgan fingerprint density at radius 2 is 1.78 bits per heavy atom. The number of aryl methyl sites for hydroxylation is 1. The molecule has 1 aliphatic heterocycles. The van der Waals surface area contributed by atoms with Crippen LogP contribution >= 0.6 is 27.3 Å². The summed E-state index contributed by atoms with van der Waals surface area (Å²) in [4.78, 5) is 32.4. The summed E-state index contributed by atoms with van der Waals surface area (Å²) in [6.45, 7) is 11.8. The first-order valence-electron chi connectivity index (χ1n) is 13.5. The lowest BCUT2D eigenvalue weighted by Crippen LogP contribution is -2.39. The van der Waals surface area contributed by atoms with E-state index in [1.807, 2.05) is 63.2 Å². The van der Waals surface area contributed by atoms with Crippen molar-refractivity contribution < 1.29 is 14.3 Å². The Kier molecular flexibility index (Phi) is 8.20. The highest BCUT2D eigenvalue weighted by Crippen LogP contribution is 2.32. The third-order valence-corrected chi connectivity index (χ3v) is 8.44. The van der Waals surface area contributed by atoms with Gasteiger partial charge in [-0.2, -0.15) is 0 Å². The molecule has 7 nitrogen and oxygen atoms in total. The van der Waals surface area contributed by atoms with Gasteiger partial charge in [0.15, 0.2) is 4.80 Å². The zero-order chi connectivity index (χ0) is 29.4. The summed E-state index contributed by atoms with van der Waals surface area (Å²) >= 11 is 4.82. The molecule has 0 radical (unpaired) electrons. The van der Waals surface area contributed by atoms with E-state index in [0.717, 1.165) is 38.4 Å². The van der Waals surface area contributed by atoms with Gasteiger partial charge in [-0.05, 0) is 101 Å². The van der Waals surface area contributed by atoms with Gasteiger partial charge >= 0.3 is 5.97 Å². The molecule has 1 aliphatic rings. The summed E-state index contributed by atoms with van der Waals surface area (Å²) in [6, 6.07) is 17.0. The van der Waals surface area contributed by atoms with Crippen molar-refractivity contribution in [1.29, 1.82) is 0 Å². The fourth-order valence-corrected chi connectivity index (χ4v) is 6.47. The maximum atomic E-state index is 14.0. The maximum absolute atomic E-state index is 14.0. The summed E-state index contributed by atoms with van der Waals surface area (Å²) in [6.07, 6.45) is 1.95. The number of esters is 1. The molecule has 0 fully saturated rings. The number of rotatable bonds is 7. The number of ether oxygens (including phenoxy) is 2. The van der Waals surface area contributed by atoms with Gasteiger partial charge in [0, 0.05) is 21.5 Å². The Morgan fingerprint density at radius 1 is 1.10 bits per heavy atom. The van der Waals surface area contributed by atoms with E-state index in [9.17, 15) is 9.59 Å². The lowest BCUT2D eigenvalue weighted by Gasteiger charge is -2.25. The van der Waals surface area contributed by atoms with Crippen molar-refractivity contribution in [3.05, 3.63) is 113 Å². The van der Waals surface area contributed by atoms with Crippen molar-refractivity contribution >= 4 is 39.3 Å². The van der Waals surface area contributed by atoms with Crippen LogP contribution in [0.1, 0.15) is 56.3 Å². The van der Waals surface area contributed by atoms with Gasteiger partial charge in [0.2, 0.25) is 0 Å². The van der Waals surface area contributed by atoms with Gasteiger partial charge in [-0.3, -0.25) is 9.36 Å². The van der Waals surface area contributed by atoms with E-state index in [4.69, 9.17) is 14.5 Å². The van der Waals surface area contributed by atoms with Gasteiger partial charge in [-0.1, -0.05) is 39.4 Å². The zero-order valence-corrected chi connectivity index (χ0v) is 26.3. The molecule has 212 valence electrons. The van der Waals surface area contributed by atoms with Crippen LogP contribution in [0.2, 0.25) is 0 Å². The molecule has 2 aromatic heterocycles. The number of hydrogen-bond donors (Lipinski definition) is 0. The van der Waals surface area contributed by atoms with E-state index in [1.165, 1.54) is 11.3 Å². The lowest BCUT2D eigenvalue weighted by molar-refractivity contribution is -0.139. The van der Waals surface area contributed by atoms with Crippen LogP contribution in [0.5, 0.6) is 5.75 Å². The van der Waals surface area contributed by atoms with Crippen LogP contribution in [0.25, 0.3) is 11.8 Å². The highest BCUT2D eigenvalue weighted by molar-refractivity contribution is 9.10. The maximum Gasteiger partial charge on any atom is 0.338 e. The Labute approximate surface area is 251 Å². The normalized spacial score (nSPS) is 15.2. The largest absolute Gasteiger partial charge is 0.491 e. The number of aromatic nitrogens is 2. The van der Waals surface area contributed by atoms with Crippen LogP contribution in [0.4, 0.5) is 0 Å². The van der Waals surface area contributed by atoms with Crippen molar-refractivity contribution in [3.8, 4) is 11.4 Å². The van der Waals surface area contributed by atoms with Crippen molar-refractivity contribution in [3.63, 3.8) is 0 Å². The molecule has 9 heteroatoms. The third kappa shape index (κ3) is 5.61. The van der Waals surface area contributed by atoms with Crippen LogP contribution in [0, 0.1) is 13.8 Å². The lowest BCUT2D eigenvalue weighted by atomic mass is 9.96. The molecule has 0 saturated heterocycles. The Morgan fingerprint density at radius 3 is 2.41 bits per heavy atom. The average Bonchev–Trinajstić information content (AvgIpc) is 3.38. The predicted octanol–water partition coefficient (Wildman–Crippen LogP) is 5.76. The Hall–Kier alpha value is -3.69.